The predicted octanol–water partition coefficient (Wildman–Crippen LogP) is 1.12. The third-order valence-electron chi connectivity index (χ3n) is 3.08. The van der Waals surface area contributed by atoms with Crippen molar-refractivity contribution < 1.29 is 0 Å². The zero-order chi connectivity index (χ0) is 11.4. The molecule has 0 aliphatic carbocycles. The lowest BCUT2D eigenvalue weighted by molar-refractivity contribution is 0.580. The van der Waals surface area contributed by atoms with Crippen LogP contribution in [0.4, 0.5) is 5.95 Å². The molecule has 0 radical (unpaired) electrons. The first-order chi connectivity index (χ1) is 7.81. The Morgan fingerprint density at radius 3 is 2.81 bits per heavy atom. The molecule has 2 heterocycles. The largest absolute Gasteiger partial charge is 0.337 e. The second-order valence-electron chi connectivity index (χ2n) is 4.45. The summed E-state index contributed by atoms with van der Waals surface area (Å²) in [5.74, 6) is 2.36. The van der Waals surface area contributed by atoms with Gasteiger partial charge in [-0.05, 0) is 6.42 Å². The van der Waals surface area contributed by atoms with Crippen LogP contribution in [0, 0.1) is 0 Å². The number of nitrogens with one attached hydrogen (secondary N) is 2. The fourth-order valence-electron chi connectivity index (χ4n) is 2.06. The minimum Gasteiger partial charge on any atom is -0.337 e. The molecule has 5 heteroatoms. The van der Waals surface area contributed by atoms with Crippen molar-refractivity contribution in [3.63, 3.8) is 0 Å². The van der Waals surface area contributed by atoms with Gasteiger partial charge in [0.25, 0.3) is 0 Å². The van der Waals surface area contributed by atoms with Crippen LogP contribution >= 0.6 is 0 Å². The zero-order valence-corrected chi connectivity index (χ0v) is 10.2. The van der Waals surface area contributed by atoms with Crippen LogP contribution < -0.4 is 10.2 Å². The van der Waals surface area contributed by atoms with Crippen molar-refractivity contribution >= 4 is 5.95 Å². The average Bonchev–Trinajstić information content (AvgIpc) is 2.80. The Morgan fingerprint density at radius 2 is 2.12 bits per heavy atom. The second-order valence-corrected chi connectivity index (χ2v) is 4.45. The zero-order valence-electron chi connectivity index (χ0n) is 10.2. The normalized spacial score (nSPS) is 18.8. The molecule has 5 nitrogen and oxygen atoms in total. The van der Waals surface area contributed by atoms with E-state index in [0.717, 1.165) is 44.4 Å². The Bertz CT molecular complexity index is 316. The number of H-pyrrole nitrogens is 1. The molecule has 0 saturated carbocycles. The Balaban J connectivity index is 2.00. The molecule has 1 fully saturated rings. The van der Waals surface area contributed by atoms with E-state index in [2.05, 4.69) is 39.2 Å². The standard InChI is InChI=1S/C11H21N5/c1-3-4-9(2)10-13-11(15-14-10)16-7-5-12-6-8-16/h9,12H,3-8H2,1-2H3,(H,13,14,15). The summed E-state index contributed by atoms with van der Waals surface area (Å²) in [7, 11) is 0. The average molecular weight is 223 g/mol. The molecule has 0 bridgehead atoms. The highest BCUT2D eigenvalue weighted by Gasteiger charge is 2.16. The van der Waals surface area contributed by atoms with Crippen molar-refractivity contribution in [2.24, 2.45) is 0 Å². The summed E-state index contributed by atoms with van der Waals surface area (Å²) in [4.78, 5) is 6.82. The first-order valence-electron chi connectivity index (χ1n) is 6.19. The molecule has 1 aromatic rings. The van der Waals surface area contributed by atoms with Gasteiger partial charge in [0.15, 0.2) is 0 Å². The molecule has 1 unspecified atom stereocenters. The van der Waals surface area contributed by atoms with E-state index in [0.29, 0.717) is 5.92 Å². The number of piperazine rings is 1. The lowest BCUT2D eigenvalue weighted by Gasteiger charge is -2.25. The van der Waals surface area contributed by atoms with E-state index in [4.69, 9.17) is 0 Å². The van der Waals surface area contributed by atoms with Gasteiger partial charge in [-0.2, -0.15) is 4.98 Å². The minimum absolute atomic E-state index is 0.481. The van der Waals surface area contributed by atoms with Crippen molar-refractivity contribution in [1.29, 1.82) is 0 Å². The topological polar surface area (TPSA) is 56.8 Å². The van der Waals surface area contributed by atoms with E-state index in [1.165, 1.54) is 6.42 Å². The first kappa shape index (κ1) is 11.4. The molecular formula is C11H21N5. The van der Waals surface area contributed by atoms with E-state index < -0.39 is 0 Å². The Labute approximate surface area is 96.6 Å². The third-order valence-corrected chi connectivity index (χ3v) is 3.08. The van der Waals surface area contributed by atoms with Gasteiger partial charge in [-0.25, -0.2) is 0 Å². The number of anilines is 1. The number of hydrogen-bond acceptors (Lipinski definition) is 4. The molecule has 1 aromatic heterocycles. The molecule has 16 heavy (non-hydrogen) atoms. The number of rotatable bonds is 4. The number of hydrogen-bond donors (Lipinski definition) is 2. The SMILES string of the molecule is CCCC(C)c1nc(N2CCNCC2)n[nH]1. The maximum atomic E-state index is 4.58. The molecule has 0 aromatic carbocycles. The van der Waals surface area contributed by atoms with Gasteiger partial charge >= 0.3 is 0 Å². The Morgan fingerprint density at radius 1 is 1.38 bits per heavy atom. The molecule has 1 saturated heterocycles. The minimum atomic E-state index is 0.481. The third kappa shape index (κ3) is 2.52. The van der Waals surface area contributed by atoms with Crippen LogP contribution in [0.25, 0.3) is 0 Å². The Hall–Kier alpha value is -1.10. The smallest absolute Gasteiger partial charge is 0.244 e. The first-order valence-corrected chi connectivity index (χ1v) is 6.19. The van der Waals surface area contributed by atoms with Crippen LogP contribution in [0.2, 0.25) is 0 Å². The van der Waals surface area contributed by atoms with Gasteiger partial charge in [0.1, 0.15) is 5.82 Å². The summed E-state index contributed by atoms with van der Waals surface area (Å²) < 4.78 is 0. The van der Waals surface area contributed by atoms with Crippen molar-refractivity contribution in [3.05, 3.63) is 5.82 Å². The number of aromatic amines is 1. The fourth-order valence-corrected chi connectivity index (χ4v) is 2.06. The highest BCUT2D eigenvalue weighted by Crippen LogP contribution is 2.18. The molecular weight excluding hydrogens is 202 g/mol. The summed E-state index contributed by atoms with van der Waals surface area (Å²) in [6.45, 7) is 8.44. The van der Waals surface area contributed by atoms with E-state index >= 15 is 0 Å². The summed E-state index contributed by atoms with van der Waals surface area (Å²) in [5, 5.41) is 10.7. The lowest BCUT2D eigenvalue weighted by Crippen LogP contribution is -2.44. The predicted molar refractivity (Wildman–Crippen MR) is 64.8 cm³/mol. The molecule has 0 amide bonds. The maximum Gasteiger partial charge on any atom is 0.244 e. The Kier molecular flexibility index (Phi) is 3.77. The number of aromatic nitrogens is 3. The van der Waals surface area contributed by atoms with Crippen molar-refractivity contribution in [2.45, 2.75) is 32.6 Å². The highest BCUT2D eigenvalue weighted by atomic mass is 15.4. The molecule has 1 atom stereocenters. The van der Waals surface area contributed by atoms with E-state index in [-0.39, 0.29) is 0 Å². The molecule has 2 N–H and O–H groups in total. The molecule has 1 aliphatic rings. The van der Waals surface area contributed by atoms with Crippen molar-refractivity contribution in [2.75, 3.05) is 31.1 Å². The van der Waals surface area contributed by atoms with E-state index in [1.54, 1.807) is 0 Å². The molecule has 1 aliphatic heterocycles. The van der Waals surface area contributed by atoms with Crippen LogP contribution in [0.5, 0.6) is 0 Å². The molecule has 0 spiro atoms. The van der Waals surface area contributed by atoms with Gasteiger partial charge in [0.05, 0.1) is 0 Å². The highest BCUT2D eigenvalue weighted by molar-refractivity contribution is 5.29. The van der Waals surface area contributed by atoms with Gasteiger partial charge in [-0.3, -0.25) is 5.10 Å². The van der Waals surface area contributed by atoms with Crippen LogP contribution in [0.1, 0.15) is 38.4 Å². The molecule has 2 rings (SSSR count). The van der Waals surface area contributed by atoms with Gasteiger partial charge in [0.2, 0.25) is 5.95 Å². The molecule has 90 valence electrons. The summed E-state index contributed by atoms with van der Waals surface area (Å²) >= 11 is 0. The summed E-state index contributed by atoms with van der Waals surface area (Å²) in [6, 6.07) is 0. The monoisotopic (exact) mass is 223 g/mol. The summed E-state index contributed by atoms with van der Waals surface area (Å²) in [5.41, 5.74) is 0. The fraction of sp³-hybridized carbons (Fsp3) is 0.818. The summed E-state index contributed by atoms with van der Waals surface area (Å²) in [6.07, 6.45) is 2.35. The van der Waals surface area contributed by atoms with Crippen molar-refractivity contribution in [1.82, 2.24) is 20.5 Å². The van der Waals surface area contributed by atoms with Gasteiger partial charge in [-0.1, -0.05) is 20.3 Å². The van der Waals surface area contributed by atoms with Crippen LogP contribution in [-0.4, -0.2) is 41.4 Å². The van der Waals surface area contributed by atoms with Crippen LogP contribution in [0.3, 0.4) is 0 Å². The second kappa shape index (κ2) is 5.30. The van der Waals surface area contributed by atoms with Crippen LogP contribution in [0.15, 0.2) is 0 Å². The maximum absolute atomic E-state index is 4.58. The van der Waals surface area contributed by atoms with Gasteiger partial charge in [-0.15, -0.1) is 5.10 Å². The van der Waals surface area contributed by atoms with Gasteiger partial charge < -0.3 is 10.2 Å². The van der Waals surface area contributed by atoms with E-state index in [1.807, 2.05) is 0 Å². The number of nitrogens with zero attached hydrogens (tertiary/aromatic N) is 3. The van der Waals surface area contributed by atoms with Crippen LogP contribution in [-0.2, 0) is 0 Å². The lowest BCUT2D eigenvalue weighted by atomic mass is 10.1. The van der Waals surface area contributed by atoms with Gasteiger partial charge in [0, 0.05) is 32.1 Å². The van der Waals surface area contributed by atoms with E-state index in [9.17, 15) is 0 Å². The quantitative estimate of drug-likeness (QED) is 0.803. The van der Waals surface area contributed by atoms with Crippen molar-refractivity contribution in [3.8, 4) is 0 Å².